The van der Waals surface area contributed by atoms with Gasteiger partial charge in [0.2, 0.25) is 11.8 Å². The number of carbonyl (C=O) groups is 1. The minimum atomic E-state index is 0.0884. The highest BCUT2D eigenvalue weighted by Gasteiger charge is 2.27. The standard InChI is InChI=1S/C14H20N2O2/c1-2-3-7-14(17)16-10-8-12(11-16)18-13-6-4-5-9-15-13/h4-6,9,12H,2-3,7-8,10-11H2,1H3. The van der Waals surface area contributed by atoms with Crippen molar-refractivity contribution in [2.75, 3.05) is 13.1 Å². The van der Waals surface area contributed by atoms with E-state index in [0.717, 1.165) is 25.8 Å². The van der Waals surface area contributed by atoms with Crippen molar-refractivity contribution in [1.82, 2.24) is 9.88 Å². The topological polar surface area (TPSA) is 42.4 Å². The molecule has 0 saturated carbocycles. The predicted octanol–water partition coefficient (Wildman–Crippen LogP) is 2.25. The normalized spacial score (nSPS) is 18.9. The van der Waals surface area contributed by atoms with Crippen molar-refractivity contribution in [3.05, 3.63) is 24.4 Å². The fourth-order valence-corrected chi connectivity index (χ4v) is 2.12. The summed E-state index contributed by atoms with van der Waals surface area (Å²) in [4.78, 5) is 17.9. The Morgan fingerprint density at radius 1 is 1.56 bits per heavy atom. The molecule has 2 heterocycles. The van der Waals surface area contributed by atoms with Crippen LogP contribution in [0.4, 0.5) is 0 Å². The van der Waals surface area contributed by atoms with Gasteiger partial charge in [0.15, 0.2) is 0 Å². The van der Waals surface area contributed by atoms with Crippen LogP contribution in [0.3, 0.4) is 0 Å². The Bertz CT molecular complexity index is 381. The molecule has 98 valence electrons. The zero-order valence-corrected chi connectivity index (χ0v) is 10.8. The number of ether oxygens (including phenoxy) is 1. The van der Waals surface area contributed by atoms with E-state index in [1.807, 2.05) is 23.1 Å². The summed E-state index contributed by atoms with van der Waals surface area (Å²) >= 11 is 0. The van der Waals surface area contributed by atoms with Crippen LogP contribution in [-0.2, 0) is 4.79 Å². The average molecular weight is 248 g/mol. The summed E-state index contributed by atoms with van der Waals surface area (Å²) in [6.07, 6.45) is 5.40. The van der Waals surface area contributed by atoms with E-state index in [4.69, 9.17) is 4.74 Å². The molecule has 1 amide bonds. The molecule has 1 fully saturated rings. The van der Waals surface area contributed by atoms with Crippen molar-refractivity contribution in [2.24, 2.45) is 0 Å². The van der Waals surface area contributed by atoms with E-state index in [9.17, 15) is 4.79 Å². The Labute approximate surface area is 108 Å². The molecule has 1 aliphatic heterocycles. The summed E-state index contributed by atoms with van der Waals surface area (Å²) in [5, 5.41) is 0. The molecule has 1 unspecified atom stereocenters. The molecule has 0 radical (unpaired) electrons. The van der Waals surface area contributed by atoms with E-state index in [0.29, 0.717) is 18.8 Å². The monoisotopic (exact) mass is 248 g/mol. The molecular formula is C14H20N2O2. The number of carbonyl (C=O) groups excluding carboxylic acids is 1. The summed E-state index contributed by atoms with van der Waals surface area (Å²) in [6, 6.07) is 5.62. The first kappa shape index (κ1) is 12.9. The number of hydrogen-bond donors (Lipinski definition) is 0. The van der Waals surface area contributed by atoms with Gasteiger partial charge in [-0.2, -0.15) is 0 Å². The van der Waals surface area contributed by atoms with E-state index in [-0.39, 0.29) is 12.0 Å². The summed E-state index contributed by atoms with van der Waals surface area (Å²) in [6.45, 7) is 3.60. The van der Waals surface area contributed by atoms with Crippen LogP contribution >= 0.6 is 0 Å². The summed E-state index contributed by atoms with van der Waals surface area (Å²) in [7, 11) is 0. The zero-order chi connectivity index (χ0) is 12.8. The van der Waals surface area contributed by atoms with Gasteiger partial charge in [-0.05, 0) is 12.5 Å². The molecule has 0 spiro atoms. The number of unbranched alkanes of at least 4 members (excludes halogenated alkanes) is 1. The fourth-order valence-electron chi connectivity index (χ4n) is 2.12. The summed E-state index contributed by atoms with van der Waals surface area (Å²) in [5.74, 6) is 0.898. The zero-order valence-electron chi connectivity index (χ0n) is 10.8. The van der Waals surface area contributed by atoms with E-state index in [1.165, 1.54) is 0 Å². The Morgan fingerprint density at radius 3 is 3.17 bits per heavy atom. The van der Waals surface area contributed by atoms with Gasteiger partial charge in [0.05, 0.1) is 6.54 Å². The van der Waals surface area contributed by atoms with Crippen molar-refractivity contribution in [3.63, 3.8) is 0 Å². The number of rotatable bonds is 5. The van der Waals surface area contributed by atoms with Crippen LogP contribution in [0.2, 0.25) is 0 Å². The minimum absolute atomic E-state index is 0.0884. The summed E-state index contributed by atoms with van der Waals surface area (Å²) in [5.41, 5.74) is 0. The molecule has 2 rings (SSSR count). The van der Waals surface area contributed by atoms with Gasteiger partial charge >= 0.3 is 0 Å². The van der Waals surface area contributed by atoms with Crippen LogP contribution in [0.5, 0.6) is 5.88 Å². The smallest absolute Gasteiger partial charge is 0.222 e. The van der Waals surface area contributed by atoms with Gasteiger partial charge in [0.1, 0.15) is 6.10 Å². The molecule has 0 aromatic carbocycles. The number of nitrogens with zero attached hydrogens (tertiary/aromatic N) is 2. The Morgan fingerprint density at radius 2 is 2.44 bits per heavy atom. The number of hydrogen-bond acceptors (Lipinski definition) is 3. The minimum Gasteiger partial charge on any atom is -0.472 e. The van der Waals surface area contributed by atoms with Gasteiger partial charge in [-0.1, -0.05) is 19.4 Å². The van der Waals surface area contributed by atoms with Crippen molar-refractivity contribution in [3.8, 4) is 5.88 Å². The lowest BCUT2D eigenvalue weighted by molar-refractivity contribution is -0.130. The van der Waals surface area contributed by atoms with E-state index >= 15 is 0 Å². The Hall–Kier alpha value is -1.58. The predicted molar refractivity (Wildman–Crippen MR) is 69.4 cm³/mol. The second-order valence-corrected chi connectivity index (χ2v) is 4.64. The first-order valence-electron chi connectivity index (χ1n) is 6.65. The second kappa shape index (κ2) is 6.38. The number of amides is 1. The highest BCUT2D eigenvalue weighted by molar-refractivity contribution is 5.76. The fraction of sp³-hybridized carbons (Fsp3) is 0.571. The lowest BCUT2D eigenvalue weighted by atomic mass is 10.2. The largest absolute Gasteiger partial charge is 0.472 e. The molecule has 0 N–H and O–H groups in total. The molecule has 4 nitrogen and oxygen atoms in total. The number of pyridine rings is 1. The van der Waals surface area contributed by atoms with E-state index < -0.39 is 0 Å². The quantitative estimate of drug-likeness (QED) is 0.802. The Kier molecular flexibility index (Phi) is 4.56. The van der Waals surface area contributed by atoms with Crippen LogP contribution in [-0.4, -0.2) is 35.0 Å². The number of likely N-dealkylation sites (tertiary alicyclic amines) is 1. The highest BCUT2D eigenvalue weighted by atomic mass is 16.5. The summed E-state index contributed by atoms with van der Waals surface area (Å²) < 4.78 is 5.76. The van der Waals surface area contributed by atoms with Crippen LogP contribution in [0, 0.1) is 0 Å². The average Bonchev–Trinajstić information content (AvgIpc) is 2.86. The van der Waals surface area contributed by atoms with Gasteiger partial charge in [0.25, 0.3) is 0 Å². The number of aromatic nitrogens is 1. The van der Waals surface area contributed by atoms with Crippen LogP contribution < -0.4 is 4.74 Å². The highest BCUT2D eigenvalue weighted by Crippen LogP contribution is 2.17. The van der Waals surface area contributed by atoms with Crippen molar-refractivity contribution in [2.45, 2.75) is 38.7 Å². The maximum absolute atomic E-state index is 11.9. The molecule has 1 atom stereocenters. The molecule has 1 aromatic rings. The van der Waals surface area contributed by atoms with Gasteiger partial charge in [-0.3, -0.25) is 4.79 Å². The molecule has 18 heavy (non-hydrogen) atoms. The molecular weight excluding hydrogens is 228 g/mol. The lowest BCUT2D eigenvalue weighted by Gasteiger charge is -2.16. The molecule has 1 aromatic heterocycles. The van der Waals surface area contributed by atoms with Crippen LogP contribution in [0.25, 0.3) is 0 Å². The first-order valence-corrected chi connectivity index (χ1v) is 6.65. The molecule has 0 aliphatic carbocycles. The molecule has 0 bridgehead atoms. The maximum atomic E-state index is 11.9. The third-order valence-corrected chi connectivity index (χ3v) is 3.17. The van der Waals surface area contributed by atoms with Gasteiger partial charge in [-0.25, -0.2) is 4.98 Å². The van der Waals surface area contributed by atoms with Gasteiger partial charge in [-0.15, -0.1) is 0 Å². The van der Waals surface area contributed by atoms with Crippen LogP contribution in [0.1, 0.15) is 32.6 Å². The third-order valence-electron chi connectivity index (χ3n) is 3.17. The third kappa shape index (κ3) is 3.45. The van der Waals surface area contributed by atoms with E-state index in [2.05, 4.69) is 11.9 Å². The van der Waals surface area contributed by atoms with Crippen molar-refractivity contribution in [1.29, 1.82) is 0 Å². The Balaban J connectivity index is 1.80. The van der Waals surface area contributed by atoms with Gasteiger partial charge in [0, 0.05) is 31.6 Å². The second-order valence-electron chi connectivity index (χ2n) is 4.64. The van der Waals surface area contributed by atoms with E-state index in [1.54, 1.807) is 6.20 Å². The lowest BCUT2D eigenvalue weighted by Crippen LogP contribution is -2.30. The molecule has 1 aliphatic rings. The van der Waals surface area contributed by atoms with Crippen molar-refractivity contribution < 1.29 is 9.53 Å². The first-order chi connectivity index (χ1) is 8.79. The van der Waals surface area contributed by atoms with Gasteiger partial charge < -0.3 is 9.64 Å². The van der Waals surface area contributed by atoms with Crippen molar-refractivity contribution >= 4 is 5.91 Å². The SMILES string of the molecule is CCCCC(=O)N1CCC(Oc2ccccn2)C1. The molecule has 4 heteroatoms. The van der Waals surface area contributed by atoms with Crippen LogP contribution in [0.15, 0.2) is 24.4 Å². The maximum Gasteiger partial charge on any atom is 0.222 e. The molecule has 1 saturated heterocycles.